The van der Waals surface area contributed by atoms with Crippen LogP contribution in [-0.2, 0) is 13.2 Å². The predicted octanol–water partition coefficient (Wildman–Crippen LogP) is 3.36. The summed E-state index contributed by atoms with van der Waals surface area (Å²) in [5, 5.41) is 8.94. The van der Waals surface area contributed by atoms with E-state index in [2.05, 4.69) is 4.74 Å². The lowest BCUT2D eigenvalue weighted by Crippen LogP contribution is -2.04. The fourth-order valence-electron chi connectivity index (χ4n) is 1.66. The van der Waals surface area contributed by atoms with Gasteiger partial charge in [-0.2, -0.15) is 8.78 Å². The van der Waals surface area contributed by atoms with Gasteiger partial charge in [-0.05, 0) is 23.3 Å². The van der Waals surface area contributed by atoms with Gasteiger partial charge in [0.05, 0.1) is 6.61 Å². The summed E-state index contributed by atoms with van der Waals surface area (Å²) in [5.41, 5.74) is 1.67. The van der Waals surface area contributed by atoms with Crippen molar-refractivity contribution < 1.29 is 23.4 Å². The lowest BCUT2D eigenvalue weighted by atomic mass is 10.1. The molecule has 0 aromatic heterocycles. The number of aliphatic hydroxyl groups excluding tert-OH is 1. The van der Waals surface area contributed by atoms with Gasteiger partial charge in [-0.1, -0.05) is 36.4 Å². The lowest BCUT2D eigenvalue weighted by molar-refractivity contribution is -0.0515. The van der Waals surface area contributed by atoms with E-state index in [0.717, 1.165) is 11.1 Å². The molecule has 3 nitrogen and oxygen atoms in total. The number of hydrogen-bond acceptors (Lipinski definition) is 3. The maximum atomic E-state index is 12.2. The first-order valence-electron chi connectivity index (χ1n) is 6.04. The molecule has 0 spiro atoms. The molecule has 106 valence electrons. The Morgan fingerprint density at radius 2 is 1.50 bits per heavy atom. The average molecular weight is 280 g/mol. The Hall–Kier alpha value is -2.14. The van der Waals surface area contributed by atoms with E-state index in [1.54, 1.807) is 30.3 Å². The molecule has 0 aliphatic heterocycles. The van der Waals surface area contributed by atoms with Gasteiger partial charge in [-0.25, -0.2) is 0 Å². The van der Waals surface area contributed by atoms with E-state index in [1.807, 2.05) is 12.1 Å². The Morgan fingerprint density at radius 3 is 2.10 bits per heavy atom. The van der Waals surface area contributed by atoms with Gasteiger partial charge >= 0.3 is 6.61 Å². The Kier molecular flexibility index (Phi) is 4.90. The molecule has 0 saturated carbocycles. The number of ether oxygens (including phenoxy) is 2. The topological polar surface area (TPSA) is 38.7 Å². The third kappa shape index (κ3) is 3.93. The highest BCUT2D eigenvalue weighted by Crippen LogP contribution is 2.28. The van der Waals surface area contributed by atoms with Gasteiger partial charge in [0, 0.05) is 0 Å². The van der Waals surface area contributed by atoms with E-state index in [-0.39, 0.29) is 24.7 Å². The fraction of sp³-hybridized carbons (Fsp3) is 0.200. The van der Waals surface area contributed by atoms with Crippen LogP contribution in [0.5, 0.6) is 11.5 Å². The molecule has 0 fully saturated rings. The number of aliphatic hydroxyl groups is 1. The van der Waals surface area contributed by atoms with Crippen molar-refractivity contribution >= 4 is 0 Å². The van der Waals surface area contributed by atoms with E-state index in [1.165, 1.54) is 6.07 Å². The highest BCUT2D eigenvalue weighted by atomic mass is 19.3. The molecular formula is C15H14F2O3. The van der Waals surface area contributed by atoms with Crippen LogP contribution in [0, 0.1) is 0 Å². The van der Waals surface area contributed by atoms with Gasteiger partial charge in [-0.15, -0.1) is 0 Å². The quantitative estimate of drug-likeness (QED) is 0.881. The lowest BCUT2D eigenvalue weighted by Gasteiger charge is -2.12. The van der Waals surface area contributed by atoms with E-state index in [4.69, 9.17) is 9.84 Å². The molecule has 1 N–H and O–H groups in total. The van der Waals surface area contributed by atoms with Crippen molar-refractivity contribution in [2.75, 3.05) is 0 Å². The number of rotatable bonds is 6. The third-order valence-corrected chi connectivity index (χ3v) is 2.67. The van der Waals surface area contributed by atoms with Gasteiger partial charge in [0.2, 0.25) is 0 Å². The molecule has 20 heavy (non-hydrogen) atoms. The number of alkyl halides is 2. The summed E-state index contributed by atoms with van der Waals surface area (Å²) in [4.78, 5) is 0. The van der Waals surface area contributed by atoms with Crippen LogP contribution in [0.15, 0.2) is 48.5 Å². The van der Waals surface area contributed by atoms with Crippen molar-refractivity contribution in [3.05, 3.63) is 59.7 Å². The normalized spacial score (nSPS) is 10.6. The molecule has 2 aromatic rings. The molecule has 0 unspecified atom stereocenters. The van der Waals surface area contributed by atoms with Crippen molar-refractivity contribution in [3.8, 4) is 11.5 Å². The number of para-hydroxylation sites is 2. The van der Waals surface area contributed by atoms with Gasteiger partial charge in [0.25, 0.3) is 0 Å². The van der Waals surface area contributed by atoms with Crippen molar-refractivity contribution in [1.82, 2.24) is 0 Å². The number of hydrogen-bond donors (Lipinski definition) is 1. The van der Waals surface area contributed by atoms with Gasteiger partial charge in [0.1, 0.15) is 6.61 Å². The number of halogens is 2. The Labute approximate surface area is 115 Å². The van der Waals surface area contributed by atoms with Crippen LogP contribution in [0.1, 0.15) is 11.1 Å². The smallest absolute Gasteiger partial charge is 0.387 e. The minimum Gasteiger partial charge on any atom is -0.485 e. The van der Waals surface area contributed by atoms with Crippen LogP contribution < -0.4 is 9.47 Å². The first-order chi connectivity index (χ1) is 9.69. The largest absolute Gasteiger partial charge is 0.485 e. The zero-order chi connectivity index (χ0) is 14.4. The van der Waals surface area contributed by atoms with E-state index in [0.29, 0.717) is 0 Å². The molecule has 0 heterocycles. The minimum atomic E-state index is -2.89. The Balaban J connectivity index is 2.02. The van der Waals surface area contributed by atoms with Crippen molar-refractivity contribution in [3.63, 3.8) is 0 Å². The predicted molar refractivity (Wildman–Crippen MR) is 69.8 cm³/mol. The summed E-state index contributed by atoms with van der Waals surface area (Å²) in [6.07, 6.45) is 0. The second-order valence-electron chi connectivity index (χ2n) is 4.09. The van der Waals surface area contributed by atoms with Crippen molar-refractivity contribution in [2.45, 2.75) is 19.8 Å². The van der Waals surface area contributed by atoms with Crippen molar-refractivity contribution in [2.24, 2.45) is 0 Å². The second kappa shape index (κ2) is 6.86. The first kappa shape index (κ1) is 14.3. The molecule has 0 radical (unpaired) electrons. The van der Waals surface area contributed by atoms with Crippen LogP contribution in [-0.4, -0.2) is 11.7 Å². The van der Waals surface area contributed by atoms with Gasteiger partial charge in [0.15, 0.2) is 11.5 Å². The fourth-order valence-corrected chi connectivity index (χ4v) is 1.66. The van der Waals surface area contributed by atoms with E-state index >= 15 is 0 Å². The minimum absolute atomic E-state index is 0.00878. The molecule has 2 aromatic carbocycles. The van der Waals surface area contributed by atoms with Crippen LogP contribution in [0.4, 0.5) is 8.78 Å². The summed E-state index contributed by atoms with van der Waals surface area (Å²) in [6.45, 7) is -2.68. The molecule has 0 saturated heterocycles. The first-order valence-corrected chi connectivity index (χ1v) is 6.04. The summed E-state index contributed by atoms with van der Waals surface area (Å²) < 4.78 is 34.3. The standard InChI is InChI=1S/C15H14F2O3/c16-15(17)20-14-4-2-1-3-13(14)19-10-12-7-5-11(9-18)6-8-12/h1-8,15,18H,9-10H2. The monoisotopic (exact) mass is 280 g/mol. The Bertz CT molecular complexity index is 541. The maximum absolute atomic E-state index is 12.2. The number of benzene rings is 2. The molecule has 5 heteroatoms. The summed E-state index contributed by atoms with van der Waals surface area (Å²) >= 11 is 0. The van der Waals surface area contributed by atoms with Crippen LogP contribution in [0.3, 0.4) is 0 Å². The van der Waals surface area contributed by atoms with Crippen LogP contribution >= 0.6 is 0 Å². The summed E-state index contributed by atoms with van der Waals surface area (Å²) in [7, 11) is 0. The zero-order valence-electron chi connectivity index (χ0n) is 10.6. The molecule has 0 bridgehead atoms. The van der Waals surface area contributed by atoms with Crippen molar-refractivity contribution in [1.29, 1.82) is 0 Å². The second-order valence-corrected chi connectivity index (χ2v) is 4.09. The zero-order valence-corrected chi connectivity index (χ0v) is 10.6. The van der Waals surface area contributed by atoms with Crippen LogP contribution in [0.2, 0.25) is 0 Å². The molecule has 0 amide bonds. The SMILES string of the molecule is OCc1ccc(COc2ccccc2OC(F)F)cc1. The van der Waals surface area contributed by atoms with Gasteiger partial charge in [-0.3, -0.25) is 0 Å². The van der Waals surface area contributed by atoms with Crippen LogP contribution in [0.25, 0.3) is 0 Å². The highest BCUT2D eigenvalue weighted by molar-refractivity contribution is 5.39. The van der Waals surface area contributed by atoms with E-state index in [9.17, 15) is 8.78 Å². The molecule has 0 aliphatic carbocycles. The highest BCUT2D eigenvalue weighted by Gasteiger charge is 2.10. The average Bonchev–Trinajstić information content (AvgIpc) is 2.46. The third-order valence-electron chi connectivity index (χ3n) is 2.67. The molecular weight excluding hydrogens is 266 g/mol. The van der Waals surface area contributed by atoms with Gasteiger partial charge < -0.3 is 14.6 Å². The van der Waals surface area contributed by atoms with E-state index < -0.39 is 6.61 Å². The Morgan fingerprint density at radius 1 is 0.900 bits per heavy atom. The summed E-state index contributed by atoms with van der Waals surface area (Å²) in [5.74, 6) is 0.272. The molecule has 2 rings (SSSR count). The maximum Gasteiger partial charge on any atom is 0.387 e. The summed E-state index contributed by atoms with van der Waals surface area (Å²) in [6, 6.07) is 13.4. The molecule has 0 aliphatic rings. The molecule has 0 atom stereocenters.